The Labute approximate surface area is 177 Å². The zero-order valence-corrected chi connectivity index (χ0v) is 16.9. The van der Waals surface area contributed by atoms with Crippen molar-refractivity contribution in [2.24, 2.45) is 5.73 Å². The lowest BCUT2D eigenvalue weighted by atomic mass is 10.00. The number of ether oxygens (including phenoxy) is 2. The highest BCUT2D eigenvalue weighted by atomic mass is 35.5. The summed E-state index contributed by atoms with van der Waals surface area (Å²) in [7, 11) is 0. The number of fused-ring (bicyclic) bond motifs is 1. The maximum atomic E-state index is 12.9. The fourth-order valence-corrected chi connectivity index (χ4v) is 4.91. The molecule has 1 amide bonds. The van der Waals surface area contributed by atoms with E-state index < -0.39 is 16.9 Å². The number of β-lactam (4-membered cyclic amide) rings is 1. The molecule has 0 saturated carbocycles. The Hall–Kier alpha value is -2.14. The third-order valence-corrected chi connectivity index (χ3v) is 6.39. The van der Waals surface area contributed by atoms with Crippen LogP contribution in [0.15, 0.2) is 35.5 Å². The van der Waals surface area contributed by atoms with E-state index in [1.165, 1.54) is 40.9 Å². The summed E-state index contributed by atoms with van der Waals surface area (Å²) >= 11 is 1.53. The molecular weight excluding hydrogens is 422 g/mol. The molecule has 0 spiro atoms. The first-order valence-corrected chi connectivity index (χ1v) is 9.97. The van der Waals surface area contributed by atoms with Crippen LogP contribution in [-0.4, -0.2) is 51.6 Å². The van der Waals surface area contributed by atoms with Gasteiger partial charge in [0.15, 0.2) is 0 Å². The molecule has 0 unspecified atom stereocenters. The molecule has 1 aromatic rings. The predicted molar refractivity (Wildman–Crippen MR) is 107 cm³/mol. The molecule has 3 aliphatic rings. The van der Waals surface area contributed by atoms with Crippen LogP contribution in [0.25, 0.3) is 0 Å². The zero-order chi connectivity index (χ0) is 19.8. The van der Waals surface area contributed by atoms with Gasteiger partial charge in [-0.1, -0.05) is 0 Å². The van der Waals surface area contributed by atoms with E-state index in [0.29, 0.717) is 17.9 Å². The van der Waals surface area contributed by atoms with E-state index in [2.05, 4.69) is 0 Å². The smallest absolute Gasteiger partial charge is 0.355 e. The number of esters is 1. The molecule has 3 atom stereocenters. The highest BCUT2D eigenvalue weighted by Gasteiger charge is 2.53. The van der Waals surface area contributed by atoms with Gasteiger partial charge in [-0.25, -0.2) is 4.79 Å². The van der Waals surface area contributed by atoms with Crippen LogP contribution < -0.4 is 5.73 Å². The average molecular weight is 442 g/mol. The number of nitrogens with zero attached hydrogens (tertiary/aromatic N) is 2. The molecule has 3 aliphatic heterocycles. The number of rotatable bonds is 5. The molecular formula is C18H20ClN3O6S. The molecule has 29 heavy (non-hydrogen) atoms. The SMILES string of the molecule is Cl.N[C@@H]1C(=O)N2C(C(=O)OCc3ccc([N+](=O)[O-])cc3)=C([C@@H]3CCCO3)CS[C@H]12. The molecule has 1 aromatic carbocycles. The molecule has 11 heteroatoms. The Balaban J connectivity index is 0.00000240. The number of nitro groups is 1. The van der Waals surface area contributed by atoms with E-state index in [1.807, 2.05) is 0 Å². The van der Waals surface area contributed by atoms with Gasteiger partial charge >= 0.3 is 5.97 Å². The summed E-state index contributed by atoms with van der Waals surface area (Å²) in [5, 5.41) is 10.5. The number of hydrogen-bond donors (Lipinski definition) is 1. The molecule has 0 aliphatic carbocycles. The second-order valence-electron chi connectivity index (χ2n) is 6.81. The van der Waals surface area contributed by atoms with Crippen molar-refractivity contribution in [2.45, 2.75) is 37.0 Å². The molecule has 156 valence electrons. The summed E-state index contributed by atoms with van der Waals surface area (Å²) in [4.78, 5) is 36.8. The quantitative estimate of drug-likeness (QED) is 0.317. The minimum Gasteiger partial charge on any atom is -0.456 e. The van der Waals surface area contributed by atoms with Crippen LogP contribution in [0.4, 0.5) is 5.69 Å². The number of carbonyl (C=O) groups excluding carboxylic acids is 2. The largest absolute Gasteiger partial charge is 0.456 e. The molecule has 9 nitrogen and oxygen atoms in total. The molecule has 2 fully saturated rings. The lowest BCUT2D eigenvalue weighted by Gasteiger charge is -2.48. The number of thioether (sulfide) groups is 1. The van der Waals surface area contributed by atoms with Crippen molar-refractivity contribution in [3.05, 3.63) is 51.2 Å². The third-order valence-electron chi connectivity index (χ3n) is 5.07. The van der Waals surface area contributed by atoms with Crippen molar-refractivity contribution >= 4 is 41.7 Å². The van der Waals surface area contributed by atoms with Crippen molar-refractivity contribution in [3.63, 3.8) is 0 Å². The van der Waals surface area contributed by atoms with Crippen molar-refractivity contribution in [3.8, 4) is 0 Å². The van der Waals surface area contributed by atoms with Crippen LogP contribution in [0.2, 0.25) is 0 Å². The minimum atomic E-state index is -0.617. The van der Waals surface area contributed by atoms with Crippen LogP contribution in [0, 0.1) is 10.1 Å². The average Bonchev–Trinajstić information content (AvgIpc) is 3.25. The summed E-state index contributed by atoms with van der Waals surface area (Å²) in [6.45, 7) is 0.575. The first kappa shape index (κ1) is 21.6. The summed E-state index contributed by atoms with van der Waals surface area (Å²) in [5.74, 6) is -0.334. The van der Waals surface area contributed by atoms with Crippen LogP contribution in [-0.2, 0) is 25.7 Å². The Kier molecular flexibility index (Phi) is 6.47. The van der Waals surface area contributed by atoms with Gasteiger partial charge in [-0.2, -0.15) is 0 Å². The van der Waals surface area contributed by atoms with E-state index in [-0.39, 0.29) is 47.8 Å². The number of carbonyl (C=O) groups is 2. The predicted octanol–water partition coefficient (Wildman–Crippen LogP) is 1.74. The molecule has 0 bridgehead atoms. The normalized spacial score (nSPS) is 25.8. The zero-order valence-electron chi connectivity index (χ0n) is 15.3. The highest BCUT2D eigenvalue weighted by Crippen LogP contribution is 2.42. The maximum Gasteiger partial charge on any atom is 0.355 e. The van der Waals surface area contributed by atoms with Gasteiger partial charge in [0.25, 0.3) is 5.69 Å². The van der Waals surface area contributed by atoms with Gasteiger partial charge in [0.1, 0.15) is 23.7 Å². The van der Waals surface area contributed by atoms with Crippen molar-refractivity contribution in [1.82, 2.24) is 4.90 Å². The molecule has 0 aromatic heterocycles. The minimum absolute atomic E-state index is 0. The fourth-order valence-electron chi connectivity index (χ4n) is 3.56. The van der Waals surface area contributed by atoms with E-state index in [1.54, 1.807) is 0 Å². The first-order valence-electron chi connectivity index (χ1n) is 8.92. The van der Waals surface area contributed by atoms with Gasteiger partial charge in [-0.15, -0.1) is 24.2 Å². The number of benzene rings is 1. The van der Waals surface area contributed by atoms with E-state index in [0.717, 1.165) is 18.4 Å². The van der Waals surface area contributed by atoms with E-state index >= 15 is 0 Å². The third kappa shape index (κ3) is 3.97. The fraction of sp³-hybridized carbons (Fsp3) is 0.444. The van der Waals surface area contributed by atoms with E-state index in [4.69, 9.17) is 15.2 Å². The van der Waals surface area contributed by atoms with Crippen molar-refractivity contribution in [1.29, 1.82) is 0 Å². The van der Waals surface area contributed by atoms with Crippen molar-refractivity contribution < 1.29 is 24.0 Å². The van der Waals surface area contributed by atoms with Crippen LogP contribution in [0.1, 0.15) is 18.4 Å². The number of non-ortho nitro benzene ring substituents is 1. The standard InChI is InChI=1S/C18H19N3O6S.ClH/c19-14-16(22)20-15(12(9-28-17(14)20)13-2-1-7-26-13)18(23)27-8-10-3-5-11(6-4-10)21(24)25;/h3-6,13-14,17H,1-2,7-9,19H2;1H/t13-,14+,17+;/m0./s1. The monoisotopic (exact) mass is 441 g/mol. The van der Waals surface area contributed by atoms with Gasteiger partial charge in [0, 0.05) is 24.5 Å². The van der Waals surface area contributed by atoms with E-state index in [9.17, 15) is 19.7 Å². The van der Waals surface area contributed by atoms with Crippen LogP contribution in [0.5, 0.6) is 0 Å². The Morgan fingerprint density at radius 1 is 1.38 bits per heavy atom. The topological polar surface area (TPSA) is 125 Å². The number of halogens is 1. The summed E-state index contributed by atoms with van der Waals surface area (Å²) in [6.07, 6.45) is 1.51. The lowest BCUT2D eigenvalue weighted by molar-refractivity contribution is -0.384. The Morgan fingerprint density at radius 2 is 2.10 bits per heavy atom. The van der Waals surface area contributed by atoms with Crippen LogP contribution in [0.3, 0.4) is 0 Å². The molecule has 3 heterocycles. The Morgan fingerprint density at radius 3 is 2.72 bits per heavy atom. The lowest BCUT2D eigenvalue weighted by Crippen LogP contribution is -2.68. The molecule has 2 saturated heterocycles. The van der Waals surface area contributed by atoms with Gasteiger partial charge < -0.3 is 15.2 Å². The maximum absolute atomic E-state index is 12.9. The van der Waals surface area contributed by atoms with Gasteiger partial charge in [0.2, 0.25) is 5.91 Å². The second-order valence-corrected chi connectivity index (χ2v) is 7.92. The highest BCUT2D eigenvalue weighted by molar-refractivity contribution is 8.00. The summed E-state index contributed by atoms with van der Waals surface area (Å²) in [5.41, 5.74) is 7.46. The first-order chi connectivity index (χ1) is 13.5. The van der Waals surface area contributed by atoms with Gasteiger partial charge in [-0.05, 0) is 36.1 Å². The van der Waals surface area contributed by atoms with Gasteiger partial charge in [-0.3, -0.25) is 19.8 Å². The molecule has 0 radical (unpaired) electrons. The number of amides is 1. The molecule has 4 rings (SSSR count). The van der Waals surface area contributed by atoms with Crippen molar-refractivity contribution in [2.75, 3.05) is 12.4 Å². The number of hydrogen-bond acceptors (Lipinski definition) is 8. The van der Waals surface area contributed by atoms with Crippen LogP contribution >= 0.6 is 24.2 Å². The molecule has 2 N–H and O–H groups in total. The summed E-state index contributed by atoms with van der Waals surface area (Å²) < 4.78 is 11.2. The second kappa shape index (κ2) is 8.70. The summed E-state index contributed by atoms with van der Waals surface area (Å²) in [6, 6.07) is 5.15. The number of nitro benzene ring substituents is 1. The van der Waals surface area contributed by atoms with Gasteiger partial charge in [0.05, 0.1) is 11.0 Å². The Bertz CT molecular complexity index is 856. The number of nitrogens with two attached hydrogens (primary N) is 1.